The fourth-order valence-electron chi connectivity index (χ4n) is 2.38. The van der Waals surface area contributed by atoms with Crippen LogP contribution in [0.25, 0.3) is 0 Å². The van der Waals surface area contributed by atoms with Gasteiger partial charge in [0.2, 0.25) is 5.91 Å². The second kappa shape index (κ2) is 4.35. The molecule has 0 saturated carbocycles. The summed E-state index contributed by atoms with van der Waals surface area (Å²) in [7, 11) is 0. The molecule has 0 aromatic carbocycles. The molecular formula is C12H17NOS. The lowest BCUT2D eigenvalue weighted by molar-refractivity contribution is -0.119. The number of hydrogen-bond donors (Lipinski definition) is 1. The second-order valence-corrected chi connectivity index (χ2v) is 5.48. The topological polar surface area (TPSA) is 29.1 Å². The summed E-state index contributed by atoms with van der Waals surface area (Å²) in [6.07, 6.45) is 1.68. The largest absolute Gasteiger partial charge is 0.353 e. The van der Waals surface area contributed by atoms with Crippen molar-refractivity contribution in [2.45, 2.75) is 38.6 Å². The molecule has 1 aliphatic heterocycles. The Morgan fingerprint density at radius 1 is 1.53 bits per heavy atom. The van der Waals surface area contributed by atoms with Crippen LogP contribution in [-0.4, -0.2) is 11.9 Å². The Labute approximate surface area is 94.7 Å². The van der Waals surface area contributed by atoms with Crippen LogP contribution in [-0.2, 0) is 4.79 Å². The van der Waals surface area contributed by atoms with E-state index in [2.05, 4.69) is 36.7 Å². The van der Waals surface area contributed by atoms with Gasteiger partial charge in [0, 0.05) is 23.3 Å². The smallest absolute Gasteiger partial charge is 0.220 e. The van der Waals surface area contributed by atoms with Crippen molar-refractivity contribution in [2.24, 2.45) is 5.92 Å². The van der Waals surface area contributed by atoms with Crippen molar-refractivity contribution in [1.82, 2.24) is 5.32 Å². The monoisotopic (exact) mass is 223 g/mol. The molecule has 1 saturated heterocycles. The molecule has 0 aliphatic carbocycles. The highest BCUT2D eigenvalue weighted by molar-refractivity contribution is 7.10. The first-order valence-corrected chi connectivity index (χ1v) is 6.39. The number of rotatable bonds is 3. The molecule has 1 N–H and O–H groups in total. The van der Waals surface area contributed by atoms with Gasteiger partial charge in [-0.15, -0.1) is 11.3 Å². The summed E-state index contributed by atoms with van der Waals surface area (Å²) >= 11 is 1.80. The van der Waals surface area contributed by atoms with Gasteiger partial charge in [-0.1, -0.05) is 19.9 Å². The fraction of sp³-hybridized carbons (Fsp3) is 0.583. The molecule has 1 aliphatic rings. The molecule has 1 aromatic heterocycles. The van der Waals surface area contributed by atoms with Gasteiger partial charge in [-0.2, -0.15) is 0 Å². The van der Waals surface area contributed by atoms with Gasteiger partial charge >= 0.3 is 0 Å². The van der Waals surface area contributed by atoms with Gasteiger partial charge in [0.15, 0.2) is 0 Å². The Morgan fingerprint density at radius 3 is 2.80 bits per heavy atom. The molecule has 0 radical (unpaired) electrons. The van der Waals surface area contributed by atoms with Gasteiger partial charge in [-0.25, -0.2) is 0 Å². The van der Waals surface area contributed by atoms with Crippen LogP contribution in [0.2, 0.25) is 0 Å². The molecule has 82 valence electrons. The van der Waals surface area contributed by atoms with Crippen molar-refractivity contribution in [1.29, 1.82) is 0 Å². The number of hydrogen-bond acceptors (Lipinski definition) is 2. The highest BCUT2D eigenvalue weighted by atomic mass is 32.1. The lowest BCUT2D eigenvalue weighted by Crippen LogP contribution is -2.33. The normalized spacial score (nSPS) is 23.1. The molecule has 1 fully saturated rings. The molecule has 0 unspecified atom stereocenters. The van der Waals surface area contributed by atoms with Crippen LogP contribution >= 0.6 is 11.3 Å². The van der Waals surface area contributed by atoms with E-state index in [0.717, 1.165) is 6.42 Å². The fourth-order valence-corrected chi connectivity index (χ4v) is 3.44. The first kappa shape index (κ1) is 10.7. The van der Waals surface area contributed by atoms with Crippen LogP contribution in [0.15, 0.2) is 17.5 Å². The molecule has 1 amide bonds. The lowest BCUT2D eigenvalue weighted by Gasteiger charge is -2.26. The van der Waals surface area contributed by atoms with Crippen molar-refractivity contribution in [3.8, 4) is 0 Å². The number of carbonyl (C=O) groups is 1. The standard InChI is InChI=1S/C12H17NOS/c1-8(2)12(10-4-3-7-15-10)9-5-6-11(14)13-9/h3-4,7-9,12H,5-6H2,1-2H3,(H,13,14)/t9-,12-/m0/s1. The molecule has 15 heavy (non-hydrogen) atoms. The molecule has 2 heterocycles. The Kier molecular flexibility index (Phi) is 3.10. The van der Waals surface area contributed by atoms with Crippen molar-refractivity contribution in [3.05, 3.63) is 22.4 Å². The summed E-state index contributed by atoms with van der Waals surface area (Å²) in [4.78, 5) is 12.6. The molecule has 0 bridgehead atoms. The molecule has 2 nitrogen and oxygen atoms in total. The van der Waals surface area contributed by atoms with Crippen LogP contribution in [0.3, 0.4) is 0 Å². The van der Waals surface area contributed by atoms with Crippen LogP contribution in [0.5, 0.6) is 0 Å². The van der Waals surface area contributed by atoms with Gasteiger partial charge in [0.25, 0.3) is 0 Å². The summed E-state index contributed by atoms with van der Waals surface area (Å²) in [6, 6.07) is 4.61. The quantitative estimate of drug-likeness (QED) is 0.838. The zero-order valence-corrected chi connectivity index (χ0v) is 10.0. The number of amides is 1. The molecule has 3 heteroatoms. The van der Waals surface area contributed by atoms with Crippen molar-refractivity contribution in [3.63, 3.8) is 0 Å². The first-order chi connectivity index (χ1) is 7.18. The summed E-state index contributed by atoms with van der Waals surface area (Å²) in [5.74, 6) is 1.27. The maximum Gasteiger partial charge on any atom is 0.220 e. The zero-order chi connectivity index (χ0) is 10.8. The van der Waals surface area contributed by atoms with E-state index in [0.29, 0.717) is 24.3 Å². The third kappa shape index (κ3) is 2.23. The predicted molar refractivity (Wildman–Crippen MR) is 63.1 cm³/mol. The van der Waals surface area contributed by atoms with Gasteiger partial charge in [0.05, 0.1) is 0 Å². The highest BCUT2D eigenvalue weighted by Gasteiger charge is 2.32. The Hall–Kier alpha value is -0.830. The van der Waals surface area contributed by atoms with E-state index in [-0.39, 0.29) is 5.91 Å². The molecule has 2 atom stereocenters. The average molecular weight is 223 g/mol. The Balaban J connectivity index is 2.17. The minimum absolute atomic E-state index is 0.210. The van der Waals surface area contributed by atoms with Gasteiger partial charge in [0.1, 0.15) is 0 Å². The van der Waals surface area contributed by atoms with E-state index in [1.807, 2.05) is 0 Å². The van der Waals surface area contributed by atoms with E-state index in [1.54, 1.807) is 11.3 Å². The van der Waals surface area contributed by atoms with Crippen LogP contribution < -0.4 is 5.32 Å². The van der Waals surface area contributed by atoms with Crippen molar-refractivity contribution >= 4 is 17.2 Å². The number of carbonyl (C=O) groups excluding carboxylic acids is 1. The van der Waals surface area contributed by atoms with E-state index in [4.69, 9.17) is 0 Å². The predicted octanol–water partition coefficient (Wildman–Crippen LogP) is 2.77. The summed E-state index contributed by atoms with van der Waals surface area (Å²) in [5.41, 5.74) is 0. The average Bonchev–Trinajstić information content (AvgIpc) is 2.77. The third-order valence-electron chi connectivity index (χ3n) is 3.05. The van der Waals surface area contributed by atoms with E-state index in [1.165, 1.54) is 4.88 Å². The third-order valence-corrected chi connectivity index (χ3v) is 4.03. The molecular weight excluding hydrogens is 206 g/mol. The van der Waals surface area contributed by atoms with Crippen molar-refractivity contribution < 1.29 is 4.79 Å². The van der Waals surface area contributed by atoms with Gasteiger partial charge in [-0.3, -0.25) is 4.79 Å². The SMILES string of the molecule is CC(C)[C@H](c1cccs1)[C@@H]1CCC(=O)N1. The first-order valence-electron chi connectivity index (χ1n) is 5.51. The zero-order valence-electron chi connectivity index (χ0n) is 9.19. The van der Waals surface area contributed by atoms with Crippen LogP contribution in [0.1, 0.15) is 37.5 Å². The summed E-state index contributed by atoms with van der Waals surface area (Å²) < 4.78 is 0. The summed E-state index contributed by atoms with van der Waals surface area (Å²) in [5, 5.41) is 5.20. The van der Waals surface area contributed by atoms with E-state index < -0.39 is 0 Å². The highest BCUT2D eigenvalue weighted by Crippen LogP contribution is 2.34. The number of nitrogens with one attached hydrogen (secondary N) is 1. The van der Waals surface area contributed by atoms with E-state index >= 15 is 0 Å². The molecule has 0 spiro atoms. The van der Waals surface area contributed by atoms with Gasteiger partial charge < -0.3 is 5.32 Å². The minimum atomic E-state index is 0.210. The maximum atomic E-state index is 11.2. The van der Waals surface area contributed by atoms with Crippen LogP contribution in [0.4, 0.5) is 0 Å². The number of thiophene rings is 1. The lowest BCUT2D eigenvalue weighted by atomic mass is 9.86. The van der Waals surface area contributed by atoms with E-state index in [9.17, 15) is 4.79 Å². The van der Waals surface area contributed by atoms with Crippen molar-refractivity contribution in [2.75, 3.05) is 0 Å². The maximum absolute atomic E-state index is 11.2. The summed E-state index contributed by atoms with van der Waals surface area (Å²) in [6.45, 7) is 4.46. The minimum Gasteiger partial charge on any atom is -0.353 e. The second-order valence-electron chi connectivity index (χ2n) is 4.50. The Bertz CT molecular complexity index is 331. The van der Waals surface area contributed by atoms with Crippen LogP contribution in [0, 0.1) is 5.92 Å². The van der Waals surface area contributed by atoms with Gasteiger partial charge in [-0.05, 0) is 23.8 Å². The molecule has 1 aromatic rings. The Morgan fingerprint density at radius 2 is 2.33 bits per heavy atom. The molecule has 2 rings (SSSR count).